The molecular weight excluding hydrogens is 566 g/mol. The monoisotopic (exact) mass is 621 g/mol. The molecule has 2 fully saturated rings. The summed E-state index contributed by atoms with van der Waals surface area (Å²) in [6.45, 7) is 18.6. The third-order valence-electron chi connectivity index (χ3n) is 9.39. The highest BCUT2D eigenvalue weighted by Crippen LogP contribution is 2.46. The molecule has 43 heavy (non-hydrogen) atoms. The predicted molar refractivity (Wildman–Crippen MR) is 168 cm³/mol. The molecule has 244 valence electrons. The first kappa shape index (κ1) is 35.1. The maximum Gasteiger partial charge on any atom is 0.408 e. The summed E-state index contributed by atoms with van der Waals surface area (Å²) in [5.74, 6) is -2.22. The van der Waals surface area contributed by atoms with Crippen molar-refractivity contribution < 1.29 is 33.4 Å². The van der Waals surface area contributed by atoms with Gasteiger partial charge in [-0.05, 0) is 63.1 Å². The van der Waals surface area contributed by atoms with E-state index in [1.165, 1.54) is 4.90 Å². The van der Waals surface area contributed by atoms with Gasteiger partial charge >= 0.3 is 12.1 Å². The number of allylic oxidation sites excluding steroid dienone is 1. The smallest absolute Gasteiger partial charge is 0.408 e. The van der Waals surface area contributed by atoms with E-state index in [9.17, 15) is 24.3 Å². The molecule has 1 aliphatic carbocycles. The first-order valence-electron chi connectivity index (χ1n) is 16.1. The highest BCUT2D eigenvalue weighted by atomic mass is 28.4. The summed E-state index contributed by atoms with van der Waals surface area (Å²) in [4.78, 5) is 54.8. The number of carbonyl (C=O) groups is 4. The Morgan fingerprint density at radius 2 is 1.70 bits per heavy atom. The molecule has 3 N–H and O–H groups in total. The van der Waals surface area contributed by atoms with E-state index in [0.29, 0.717) is 35.9 Å². The topological polar surface area (TPSA) is 134 Å². The number of ether oxygens (including phenoxy) is 1. The van der Waals surface area contributed by atoms with Gasteiger partial charge in [-0.2, -0.15) is 0 Å². The minimum absolute atomic E-state index is 0.202. The lowest BCUT2D eigenvalue weighted by Crippen LogP contribution is -2.56. The van der Waals surface area contributed by atoms with E-state index < -0.39 is 49.5 Å². The summed E-state index contributed by atoms with van der Waals surface area (Å²) in [6, 6.07) is -1.79. The summed E-state index contributed by atoms with van der Waals surface area (Å²) in [5.41, 5.74) is -1.18. The number of alkyl carbamates (subject to hydrolysis) is 1. The average Bonchev–Trinajstić information content (AvgIpc) is 3.40. The fourth-order valence-electron chi connectivity index (χ4n) is 7.29. The maximum absolute atomic E-state index is 14.2. The summed E-state index contributed by atoms with van der Waals surface area (Å²) >= 11 is 0. The lowest BCUT2D eigenvalue weighted by atomic mass is 10.0. The van der Waals surface area contributed by atoms with Gasteiger partial charge in [0.2, 0.25) is 20.1 Å². The molecule has 1 saturated carbocycles. The molecule has 1 saturated heterocycles. The zero-order valence-corrected chi connectivity index (χ0v) is 28.7. The van der Waals surface area contributed by atoms with Gasteiger partial charge < -0.3 is 29.8 Å². The maximum atomic E-state index is 14.2. The Bertz CT molecular complexity index is 1050. The van der Waals surface area contributed by atoms with E-state index in [-0.39, 0.29) is 30.9 Å². The SMILES string of the molecule is CC(C)[Si](O[C@H]1C[C@H]2C(=O)N[C@]3(C(=O)O)C[C@H]3/C=C\CCCCC[C@H](NC(=O)OC(C)(C)C)C(=O)N2C1)(C(C)C)C(C)C. The number of carbonyl (C=O) groups excluding carboxylic acids is 3. The average molecular weight is 622 g/mol. The van der Waals surface area contributed by atoms with Gasteiger partial charge in [-0.3, -0.25) is 9.59 Å². The van der Waals surface area contributed by atoms with Crippen LogP contribution in [0.1, 0.15) is 107 Å². The summed E-state index contributed by atoms with van der Waals surface area (Å²) in [6.07, 6.45) is 7.02. The predicted octanol–water partition coefficient (Wildman–Crippen LogP) is 5.52. The fraction of sp³-hybridized carbons (Fsp3) is 0.812. The Hall–Kier alpha value is -2.40. The van der Waals surface area contributed by atoms with Crippen LogP contribution in [0.15, 0.2) is 12.2 Å². The molecule has 11 heteroatoms. The summed E-state index contributed by atoms with van der Waals surface area (Å²) in [5, 5.41) is 15.7. The number of nitrogens with zero attached hydrogens (tertiary/aromatic N) is 1. The van der Waals surface area contributed by atoms with Crippen LogP contribution in [0.3, 0.4) is 0 Å². The number of aliphatic carboxylic acids is 1. The lowest BCUT2D eigenvalue weighted by Gasteiger charge is -2.44. The molecule has 10 nitrogen and oxygen atoms in total. The van der Waals surface area contributed by atoms with Crippen LogP contribution >= 0.6 is 0 Å². The van der Waals surface area contributed by atoms with Crippen LogP contribution in [0.5, 0.6) is 0 Å². The van der Waals surface area contributed by atoms with E-state index in [2.05, 4.69) is 52.2 Å². The number of hydrogen-bond donors (Lipinski definition) is 3. The number of rotatable bonds is 7. The lowest BCUT2D eigenvalue weighted by molar-refractivity contribution is -0.145. The van der Waals surface area contributed by atoms with Crippen LogP contribution in [0.25, 0.3) is 0 Å². The van der Waals surface area contributed by atoms with Crippen LogP contribution in [0, 0.1) is 5.92 Å². The molecule has 0 aromatic carbocycles. The van der Waals surface area contributed by atoms with Gasteiger partial charge in [0.15, 0.2) is 0 Å². The molecular formula is C32H55N3O7Si. The van der Waals surface area contributed by atoms with Crippen LogP contribution < -0.4 is 10.6 Å². The van der Waals surface area contributed by atoms with Gasteiger partial charge in [-0.15, -0.1) is 0 Å². The standard InChI is InChI=1S/C32H55N3O7Si/c1-20(2)43(21(3)4,22(5)6)42-24-17-26-27(36)34-32(29(38)39)18-23(32)15-13-11-10-12-14-16-25(28(37)35(26)19-24)33-30(40)41-31(7,8)9/h13,15,20-26H,10-12,14,16-19H2,1-9H3,(H,33,40)(H,34,36)(H,38,39)/b15-13-/t23-,24+,25+,26+,32-/m1/s1. The van der Waals surface area contributed by atoms with Crippen molar-refractivity contribution in [2.24, 2.45) is 5.92 Å². The van der Waals surface area contributed by atoms with Crippen molar-refractivity contribution in [1.29, 1.82) is 0 Å². The van der Waals surface area contributed by atoms with E-state index in [0.717, 1.165) is 19.3 Å². The second-order valence-electron chi connectivity index (χ2n) is 14.6. The minimum atomic E-state index is -2.35. The van der Waals surface area contributed by atoms with Gasteiger partial charge in [0.1, 0.15) is 23.2 Å². The highest BCUT2D eigenvalue weighted by Gasteiger charge is 2.61. The van der Waals surface area contributed by atoms with E-state index in [1.807, 2.05) is 12.2 Å². The van der Waals surface area contributed by atoms with E-state index in [4.69, 9.17) is 9.16 Å². The van der Waals surface area contributed by atoms with Crippen LogP contribution in [-0.4, -0.2) is 78.1 Å². The van der Waals surface area contributed by atoms with Crippen LogP contribution in [-0.2, 0) is 23.5 Å². The largest absolute Gasteiger partial charge is 0.479 e. The van der Waals surface area contributed by atoms with Crippen molar-refractivity contribution >= 4 is 32.2 Å². The Labute approximate surface area is 258 Å². The van der Waals surface area contributed by atoms with Crippen LogP contribution in [0.4, 0.5) is 4.79 Å². The molecule has 5 atom stereocenters. The normalized spacial score (nSPS) is 29.8. The molecule has 0 aromatic heterocycles. The highest BCUT2D eigenvalue weighted by molar-refractivity contribution is 6.77. The number of nitrogens with one attached hydrogen (secondary N) is 2. The minimum Gasteiger partial charge on any atom is -0.479 e. The van der Waals surface area contributed by atoms with Crippen molar-refractivity contribution in [2.45, 2.75) is 153 Å². The summed E-state index contributed by atoms with van der Waals surface area (Å²) in [7, 11) is -2.35. The molecule has 3 amide bonds. The fourth-order valence-corrected chi connectivity index (χ4v) is 12.9. The van der Waals surface area contributed by atoms with E-state index >= 15 is 0 Å². The Kier molecular flexibility index (Phi) is 11.2. The van der Waals surface area contributed by atoms with Crippen molar-refractivity contribution in [3.05, 3.63) is 12.2 Å². The molecule has 2 aliphatic heterocycles. The van der Waals surface area contributed by atoms with Crippen molar-refractivity contribution in [3.63, 3.8) is 0 Å². The molecule has 0 bridgehead atoms. The van der Waals surface area contributed by atoms with Gasteiger partial charge in [0.25, 0.3) is 0 Å². The molecule has 0 unspecified atom stereocenters. The second kappa shape index (κ2) is 13.7. The third-order valence-corrected chi connectivity index (χ3v) is 15.5. The van der Waals surface area contributed by atoms with Crippen molar-refractivity contribution in [2.75, 3.05) is 6.54 Å². The molecule has 0 radical (unpaired) electrons. The molecule has 0 aromatic rings. The Morgan fingerprint density at radius 1 is 1.07 bits per heavy atom. The first-order valence-corrected chi connectivity index (χ1v) is 18.3. The zero-order chi connectivity index (χ0) is 32.3. The van der Waals surface area contributed by atoms with Gasteiger partial charge in [0, 0.05) is 18.9 Å². The summed E-state index contributed by atoms with van der Waals surface area (Å²) < 4.78 is 12.5. The number of carboxylic acids is 1. The van der Waals surface area contributed by atoms with Gasteiger partial charge in [-0.1, -0.05) is 66.5 Å². The third kappa shape index (κ3) is 8.01. The number of hydrogen-bond acceptors (Lipinski definition) is 6. The molecule has 3 rings (SSSR count). The number of carboxylic acid groups (broad SMARTS) is 1. The molecule has 2 heterocycles. The van der Waals surface area contributed by atoms with Gasteiger partial charge in [0.05, 0.1) is 6.10 Å². The number of fused-ring (bicyclic) bond motifs is 2. The zero-order valence-electron chi connectivity index (χ0n) is 27.7. The Morgan fingerprint density at radius 3 is 2.26 bits per heavy atom. The second-order valence-corrected chi connectivity index (χ2v) is 20.0. The van der Waals surface area contributed by atoms with Crippen molar-refractivity contribution in [3.8, 4) is 0 Å². The van der Waals surface area contributed by atoms with E-state index in [1.54, 1.807) is 20.8 Å². The van der Waals surface area contributed by atoms with Gasteiger partial charge in [-0.25, -0.2) is 9.59 Å². The van der Waals surface area contributed by atoms with Crippen molar-refractivity contribution in [1.82, 2.24) is 15.5 Å². The number of amides is 3. The molecule has 0 spiro atoms. The Balaban J connectivity index is 1.98. The quantitative estimate of drug-likeness (QED) is 0.252. The first-order chi connectivity index (χ1) is 19.9. The van der Waals surface area contributed by atoms with Crippen LogP contribution in [0.2, 0.25) is 16.6 Å². The molecule has 3 aliphatic rings.